The number of hydrogen-bond donors (Lipinski definition) is 0. The monoisotopic (exact) mass is 276 g/mol. The Bertz CT molecular complexity index is 283. The Balaban J connectivity index is 4.65. The molecular formula is C13H24O4S. The van der Waals surface area contributed by atoms with Gasteiger partial charge >= 0.3 is 11.9 Å². The van der Waals surface area contributed by atoms with Crippen molar-refractivity contribution in [1.29, 1.82) is 0 Å². The maximum Gasteiger partial charge on any atom is 0.314 e. The topological polar surface area (TPSA) is 52.6 Å². The highest BCUT2D eigenvalue weighted by Gasteiger charge is 2.31. The molecule has 0 bridgehead atoms. The summed E-state index contributed by atoms with van der Waals surface area (Å²) in [6.07, 6.45) is -0.462. The van der Waals surface area contributed by atoms with E-state index >= 15 is 0 Å². The molecular weight excluding hydrogens is 252 g/mol. The average molecular weight is 276 g/mol. The van der Waals surface area contributed by atoms with Crippen molar-refractivity contribution in [2.45, 2.75) is 53.2 Å². The van der Waals surface area contributed by atoms with E-state index < -0.39 is 17.6 Å². The molecule has 0 rings (SSSR count). The van der Waals surface area contributed by atoms with Crippen molar-refractivity contribution < 1.29 is 19.1 Å². The first-order chi connectivity index (χ1) is 8.17. The van der Waals surface area contributed by atoms with Crippen molar-refractivity contribution in [1.82, 2.24) is 0 Å². The van der Waals surface area contributed by atoms with Crippen molar-refractivity contribution in [3.8, 4) is 0 Å². The lowest BCUT2D eigenvalue weighted by molar-refractivity contribution is -0.166. The highest BCUT2D eigenvalue weighted by atomic mass is 32.2. The second kappa shape index (κ2) is 7.67. The summed E-state index contributed by atoms with van der Waals surface area (Å²) in [5.74, 6) is 0.402. The molecule has 0 fully saturated rings. The van der Waals surface area contributed by atoms with Crippen molar-refractivity contribution in [3.63, 3.8) is 0 Å². The quantitative estimate of drug-likeness (QED) is 0.698. The molecule has 0 saturated carbocycles. The van der Waals surface area contributed by atoms with E-state index in [0.717, 1.165) is 5.75 Å². The van der Waals surface area contributed by atoms with Gasteiger partial charge < -0.3 is 9.47 Å². The fourth-order valence-corrected chi connectivity index (χ4v) is 2.26. The summed E-state index contributed by atoms with van der Waals surface area (Å²) in [5.41, 5.74) is -0.526. The SMILES string of the molecule is CCSC[C@H](C(=O)OC(C)(C)C)[C@@H](C)OC(C)=O. The molecule has 0 aromatic heterocycles. The van der Waals surface area contributed by atoms with Crippen molar-refractivity contribution in [2.24, 2.45) is 5.92 Å². The van der Waals surface area contributed by atoms with Gasteiger partial charge in [0.05, 0.1) is 0 Å². The zero-order valence-electron chi connectivity index (χ0n) is 12.1. The van der Waals surface area contributed by atoms with Crippen LogP contribution in [0.25, 0.3) is 0 Å². The number of rotatable bonds is 6. The van der Waals surface area contributed by atoms with E-state index in [9.17, 15) is 9.59 Å². The summed E-state index contributed by atoms with van der Waals surface area (Å²) in [6, 6.07) is 0. The van der Waals surface area contributed by atoms with Gasteiger partial charge in [-0.05, 0) is 33.4 Å². The van der Waals surface area contributed by atoms with E-state index in [1.165, 1.54) is 6.92 Å². The Morgan fingerprint density at radius 1 is 1.28 bits per heavy atom. The minimum Gasteiger partial charge on any atom is -0.462 e. The smallest absolute Gasteiger partial charge is 0.314 e. The maximum atomic E-state index is 12.1. The van der Waals surface area contributed by atoms with Crippen LogP contribution in [0.5, 0.6) is 0 Å². The number of carbonyl (C=O) groups excluding carboxylic acids is 2. The zero-order chi connectivity index (χ0) is 14.3. The Hall–Kier alpha value is -0.710. The Kier molecular flexibility index (Phi) is 7.36. The van der Waals surface area contributed by atoms with Crippen molar-refractivity contribution >= 4 is 23.7 Å². The maximum absolute atomic E-state index is 12.1. The number of carbonyl (C=O) groups is 2. The van der Waals surface area contributed by atoms with E-state index in [-0.39, 0.29) is 11.9 Å². The van der Waals surface area contributed by atoms with Crippen molar-refractivity contribution in [2.75, 3.05) is 11.5 Å². The van der Waals surface area contributed by atoms with E-state index in [2.05, 4.69) is 0 Å². The predicted octanol–water partition coefficient (Wildman–Crippen LogP) is 2.65. The molecule has 0 aliphatic heterocycles. The van der Waals surface area contributed by atoms with Gasteiger partial charge in [0.25, 0.3) is 0 Å². The Morgan fingerprint density at radius 2 is 1.83 bits per heavy atom. The molecule has 0 aromatic carbocycles. The van der Waals surface area contributed by atoms with Gasteiger partial charge in [-0.2, -0.15) is 11.8 Å². The number of ether oxygens (including phenoxy) is 2. The minimum absolute atomic E-state index is 0.308. The van der Waals surface area contributed by atoms with Crippen LogP contribution in [0.2, 0.25) is 0 Å². The van der Waals surface area contributed by atoms with E-state index in [4.69, 9.17) is 9.47 Å². The molecule has 0 aliphatic rings. The standard InChI is InChI=1S/C13H24O4S/c1-7-18-8-11(9(2)16-10(3)14)12(15)17-13(4,5)6/h9,11H,7-8H2,1-6H3/t9-,11+/m1/s1. The molecule has 2 atom stereocenters. The highest BCUT2D eigenvalue weighted by molar-refractivity contribution is 7.99. The molecule has 0 spiro atoms. The third-order valence-electron chi connectivity index (χ3n) is 2.13. The van der Waals surface area contributed by atoms with Gasteiger partial charge in [-0.25, -0.2) is 0 Å². The normalized spacial score (nSPS) is 14.8. The second-order valence-corrected chi connectivity index (χ2v) is 6.43. The van der Waals surface area contributed by atoms with Gasteiger partial charge in [-0.15, -0.1) is 0 Å². The van der Waals surface area contributed by atoms with Crippen LogP contribution in [0.15, 0.2) is 0 Å². The summed E-state index contributed by atoms with van der Waals surface area (Å²) >= 11 is 1.63. The van der Waals surface area contributed by atoms with Gasteiger partial charge in [0.2, 0.25) is 0 Å². The van der Waals surface area contributed by atoms with Crippen LogP contribution in [0.1, 0.15) is 41.5 Å². The van der Waals surface area contributed by atoms with Gasteiger partial charge in [-0.3, -0.25) is 9.59 Å². The highest BCUT2D eigenvalue weighted by Crippen LogP contribution is 2.20. The lowest BCUT2D eigenvalue weighted by Gasteiger charge is -2.26. The van der Waals surface area contributed by atoms with Gasteiger partial charge in [0.15, 0.2) is 0 Å². The molecule has 18 heavy (non-hydrogen) atoms. The molecule has 5 heteroatoms. The van der Waals surface area contributed by atoms with Crippen LogP contribution in [-0.2, 0) is 19.1 Å². The molecule has 0 aliphatic carbocycles. The lowest BCUT2D eigenvalue weighted by atomic mass is 10.1. The average Bonchev–Trinajstić information content (AvgIpc) is 2.13. The fourth-order valence-electron chi connectivity index (χ4n) is 1.36. The molecule has 0 radical (unpaired) electrons. The van der Waals surface area contributed by atoms with Crippen LogP contribution >= 0.6 is 11.8 Å². The molecule has 0 amide bonds. The summed E-state index contributed by atoms with van der Waals surface area (Å²) in [5, 5.41) is 0. The second-order valence-electron chi connectivity index (χ2n) is 5.11. The molecule has 4 nitrogen and oxygen atoms in total. The number of esters is 2. The lowest BCUT2D eigenvalue weighted by Crippen LogP contribution is -2.37. The Morgan fingerprint density at radius 3 is 2.22 bits per heavy atom. The first-order valence-corrected chi connectivity index (χ1v) is 7.30. The largest absolute Gasteiger partial charge is 0.462 e. The molecule has 0 saturated heterocycles. The minimum atomic E-state index is -0.526. The Labute approximate surface area is 114 Å². The molecule has 0 unspecified atom stereocenters. The molecule has 0 N–H and O–H groups in total. The first kappa shape index (κ1) is 17.3. The van der Waals surface area contributed by atoms with Crippen LogP contribution < -0.4 is 0 Å². The van der Waals surface area contributed by atoms with Gasteiger partial charge in [-0.1, -0.05) is 6.92 Å². The van der Waals surface area contributed by atoms with Crippen molar-refractivity contribution in [3.05, 3.63) is 0 Å². The van der Waals surface area contributed by atoms with Crippen LogP contribution in [-0.4, -0.2) is 35.1 Å². The van der Waals surface area contributed by atoms with E-state index in [1.54, 1.807) is 18.7 Å². The van der Waals surface area contributed by atoms with Gasteiger partial charge in [0.1, 0.15) is 17.6 Å². The molecule has 0 heterocycles. The number of hydrogen-bond acceptors (Lipinski definition) is 5. The number of thioether (sulfide) groups is 1. The molecule has 106 valence electrons. The summed E-state index contributed by atoms with van der Waals surface area (Å²) < 4.78 is 10.4. The third kappa shape index (κ3) is 7.58. The summed E-state index contributed by atoms with van der Waals surface area (Å²) in [7, 11) is 0. The summed E-state index contributed by atoms with van der Waals surface area (Å²) in [4.78, 5) is 23.0. The predicted molar refractivity (Wildman–Crippen MR) is 73.6 cm³/mol. The van der Waals surface area contributed by atoms with Gasteiger partial charge in [0, 0.05) is 12.7 Å². The van der Waals surface area contributed by atoms with Crippen LogP contribution in [0.3, 0.4) is 0 Å². The van der Waals surface area contributed by atoms with Crippen LogP contribution in [0.4, 0.5) is 0 Å². The summed E-state index contributed by atoms with van der Waals surface area (Å²) in [6.45, 7) is 10.6. The van der Waals surface area contributed by atoms with Crippen LogP contribution in [0, 0.1) is 5.92 Å². The molecule has 0 aromatic rings. The van der Waals surface area contributed by atoms with E-state index in [0.29, 0.717) is 5.75 Å². The first-order valence-electron chi connectivity index (χ1n) is 6.15. The zero-order valence-corrected chi connectivity index (χ0v) is 12.9. The van der Waals surface area contributed by atoms with E-state index in [1.807, 2.05) is 27.7 Å². The fraction of sp³-hybridized carbons (Fsp3) is 0.846. The third-order valence-corrected chi connectivity index (χ3v) is 3.13.